The molecule has 116 valence electrons. The van der Waals surface area contributed by atoms with Crippen molar-refractivity contribution in [2.75, 3.05) is 11.6 Å². The third kappa shape index (κ3) is 4.47. The Morgan fingerprint density at radius 2 is 1.86 bits per heavy atom. The fourth-order valence-electron chi connectivity index (χ4n) is 1.72. The highest BCUT2D eigenvalue weighted by molar-refractivity contribution is 7.89. The van der Waals surface area contributed by atoms with Gasteiger partial charge in [-0.15, -0.1) is 11.3 Å². The third-order valence-corrected chi connectivity index (χ3v) is 4.35. The van der Waals surface area contributed by atoms with E-state index >= 15 is 0 Å². The first-order chi connectivity index (χ1) is 10.2. The van der Waals surface area contributed by atoms with Gasteiger partial charge in [-0.1, -0.05) is 12.1 Å². The quantitative estimate of drug-likeness (QED) is 0.843. The molecule has 0 aliphatic heterocycles. The molecular formula is C14H14N2O4S2. The number of carbonyl (C=O) groups excluding carboxylic acids is 2. The van der Waals surface area contributed by atoms with Crippen LogP contribution in [0.3, 0.4) is 0 Å². The summed E-state index contributed by atoms with van der Waals surface area (Å²) in [6.45, 7) is 1.40. The molecule has 0 radical (unpaired) electrons. The molecule has 0 aliphatic carbocycles. The number of anilines is 1. The van der Waals surface area contributed by atoms with Crippen molar-refractivity contribution in [1.29, 1.82) is 0 Å². The van der Waals surface area contributed by atoms with E-state index in [1.54, 1.807) is 29.6 Å². The molecule has 1 amide bonds. The Labute approximate surface area is 132 Å². The van der Waals surface area contributed by atoms with E-state index in [4.69, 9.17) is 0 Å². The van der Waals surface area contributed by atoms with Crippen molar-refractivity contribution >= 4 is 38.0 Å². The topological polar surface area (TPSA) is 93.2 Å². The molecule has 0 aliphatic rings. The lowest BCUT2D eigenvalue weighted by Crippen LogP contribution is -2.12. The lowest BCUT2D eigenvalue weighted by molar-refractivity contribution is 0.100. The Kier molecular flexibility index (Phi) is 4.72. The SMILES string of the molecule is CC(=O)c1csc(NC(=O)c2ccc(CS(C)(=O)=O)cc2)n1. The lowest BCUT2D eigenvalue weighted by Gasteiger charge is -2.03. The van der Waals surface area contributed by atoms with Crippen LogP contribution < -0.4 is 5.32 Å². The number of hydrogen-bond acceptors (Lipinski definition) is 6. The van der Waals surface area contributed by atoms with Crippen molar-refractivity contribution in [2.45, 2.75) is 12.7 Å². The minimum atomic E-state index is -3.11. The van der Waals surface area contributed by atoms with Gasteiger partial charge >= 0.3 is 0 Å². The van der Waals surface area contributed by atoms with Crippen LogP contribution in [-0.4, -0.2) is 31.3 Å². The van der Waals surface area contributed by atoms with Gasteiger partial charge in [0.05, 0.1) is 5.75 Å². The molecule has 2 aromatic rings. The number of sulfone groups is 1. The van der Waals surface area contributed by atoms with Gasteiger partial charge in [0.15, 0.2) is 20.8 Å². The summed E-state index contributed by atoms with van der Waals surface area (Å²) in [5.74, 6) is -0.596. The number of ketones is 1. The van der Waals surface area contributed by atoms with Crippen LogP contribution in [-0.2, 0) is 15.6 Å². The van der Waals surface area contributed by atoms with Crippen molar-refractivity contribution < 1.29 is 18.0 Å². The Balaban J connectivity index is 2.07. The van der Waals surface area contributed by atoms with E-state index < -0.39 is 9.84 Å². The fourth-order valence-corrected chi connectivity index (χ4v) is 3.26. The molecule has 0 fully saturated rings. The summed E-state index contributed by atoms with van der Waals surface area (Å²) >= 11 is 1.17. The molecule has 0 spiro atoms. The van der Waals surface area contributed by atoms with E-state index in [1.165, 1.54) is 18.3 Å². The zero-order valence-electron chi connectivity index (χ0n) is 12.0. The Bertz CT molecular complexity index is 808. The van der Waals surface area contributed by atoms with Gasteiger partial charge in [-0.05, 0) is 17.7 Å². The van der Waals surface area contributed by atoms with E-state index in [2.05, 4.69) is 10.3 Å². The Morgan fingerprint density at radius 1 is 1.23 bits per heavy atom. The van der Waals surface area contributed by atoms with Crippen LogP contribution in [0.5, 0.6) is 0 Å². The van der Waals surface area contributed by atoms with Gasteiger partial charge in [0, 0.05) is 24.1 Å². The van der Waals surface area contributed by atoms with Crippen LogP contribution in [0.1, 0.15) is 33.3 Å². The second-order valence-corrected chi connectivity index (χ2v) is 7.81. The minimum Gasteiger partial charge on any atom is -0.298 e. The number of aromatic nitrogens is 1. The molecule has 6 nitrogen and oxygen atoms in total. The average Bonchev–Trinajstić information content (AvgIpc) is 2.86. The van der Waals surface area contributed by atoms with Crippen molar-refractivity contribution in [1.82, 2.24) is 4.98 Å². The smallest absolute Gasteiger partial charge is 0.257 e. The lowest BCUT2D eigenvalue weighted by atomic mass is 10.1. The van der Waals surface area contributed by atoms with Gasteiger partial charge in [-0.3, -0.25) is 14.9 Å². The van der Waals surface area contributed by atoms with E-state index in [0.717, 1.165) is 6.26 Å². The Hall–Kier alpha value is -2.06. The van der Waals surface area contributed by atoms with Crippen LogP contribution >= 0.6 is 11.3 Å². The van der Waals surface area contributed by atoms with Crippen molar-refractivity contribution in [3.05, 3.63) is 46.5 Å². The maximum atomic E-state index is 12.0. The van der Waals surface area contributed by atoms with Gasteiger partial charge in [-0.25, -0.2) is 13.4 Å². The van der Waals surface area contributed by atoms with Gasteiger partial charge in [0.1, 0.15) is 5.69 Å². The first kappa shape index (κ1) is 16.3. The second kappa shape index (κ2) is 6.37. The third-order valence-electron chi connectivity index (χ3n) is 2.73. The number of benzene rings is 1. The monoisotopic (exact) mass is 338 g/mol. The van der Waals surface area contributed by atoms with Gasteiger partial charge in [-0.2, -0.15) is 0 Å². The highest BCUT2D eigenvalue weighted by Gasteiger charge is 2.11. The molecule has 0 atom stereocenters. The van der Waals surface area contributed by atoms with Crippen molar-refractivity contribution in [3.63, 3.8) is 0 Å². The van der Waals surface area contributed by atoms with Crippen LogP contribution in [0.25, 0.3) is 0 Å². The molecule has 1 N–H and O–H groups in total. The van der Waals surface area contributed by atoms with Gasteiger partial charge in [0.25, 0.3) is 5.91 Å². The molecule has 0 unspecified atom stereocenters. The molecular weight excluding hydrogens is 324 g/mol. The summed E-state index contributed by atoms with van der Waals surface area (Å²) in [5, 5.41) is 4.52. The van der Waals surface area contributed by atoms with E-state index in [-0.39, 0.29) is 17.4 Å². The van der Waals surface area contributed by atoms with Crippen molar-refractivity contribution in [2.24, 2.45) is 0 Å². The Morgan fingerprint density at radius 3 is 2.36 bits per heavy atom. The van der Waals surface area contributed by atoms with E-state index in [0.29, 0.717) is 22.0 Å². The molecule has 0 saturated carbocycles. The van der Waals surface area contributed by atoms with Gasteiger partial charge in [0.2, 0.25) is 0 Å². The number of nitrogens with zero attached hydrogens (tertiary/aromatic N) is 1. The van der Waals surface area contributed by atoms with Crippen molar-refractivity contribution in [3.8, 4) is 0 Å². The summed E-state index contributed by atoms with van der Waals surface area (Å²) in [7, 11) is -3.11. The predicted molar refractivity (Wildman–Crippen MR) is 85.1 cm³/mol. The predicted octanol–water partition coefficient (Wildman–Crippen LogP) is 2.14. The maximum absolute atomic E-state index is 12.0. The van der Waals surface area contributed by atoms with E-state index in [1.807, 2.05) is 0 Å². The minimum absolute atomic E-state index is 0.0661. The number of amides is 1. The maximum Gasteiger partial charge on any atom is 0.257 e. The number of rotatable bonds is 5. The van der Waals surface area contributed by atoms with Gasteiger partial charge < -0.3 is 0 Å². The highest BCUT2D eigenvalue weighted by atomic mass is 32.2. The number of carbonyl (C=O) groups is 2. The molecule has 8 heteroatoms. The molecule has 1 heterocycles. The van der Waals surface area contributed by atoms with Crippen LogP contribution in [0, 0.1) is 0 Å². The molecule has 2 rings (SSSR count). The fraction of sp³-hybridized carbons (Fsp3) is 0.214. The standard InChI is InChI=1S/C14H14N2O4S2/c1-9(17)12-7-21-14(15-12)16-13(18)11-5-3-10(4-6-11)8-22(2,19)20/h3-7H,8H2,1-2H3,(H,15,16,18). The number of hydrogen-bond donors (Lipinski definition) is 1. The zero-order chi connectivity index (χ0) is 16.3. The average molecular weight is 338 g/mol. The van der Waals surface area contributed by atoms with Crippen LogP contribution in [0.15, 0.2) is 29.6 Å². The van der Waals surface area contributed by atoms with Crippen LogP contribution in [0.4, 0.5) is 5.13 Å². The highest BCUT2D eigenvalue weighted by Crippen LogP contribution is 2.17. The first-order valence-corrected chi connectivity index (χ1v) is 9.23. The summed E-state index contributed by atoms with van der Waals surface area (Å²) in [6, 6.07) is 6.29. The summed E-state index contributed by atoms with van der Waals surface area (Å²) in [6.07, 6.45) is 1.16. The largest absolute Gasteiger partial charge is 0.298 e. The molecule has 0 saturated heterocycles. The first-order valence-electron chi connectivity index (χ1n) is 6.29. The molecule has 22 heavy (non-hydrogen) atoms. The normalized spacial score (nSPS) is 11.2. The van der Waals surface area contributed by atoms with Crippen LogP contribution in [0.2, 0.25) is 0 Å². The number of nitrogens with one attached hydrogen (secondary N) is 1. The molecule has 1 aromatic carbocycles. The summed E-state index contributed by atoms with van der Waals surface area (Å²) in [4.78, 5) is 27.2. The second-order valence-electron chi connectivity index (χ2n) is 4.82. The summed E-state index contributed by atoms with van der Waals surface area (Å²) in [5.41, 5.74) is 1.31. The molecule has 1 aromatic heterocycles. The molecule has 0 bridgehead atoms. The number of Topliss-reactive ketones (excluding diaryl/α,β-unsaturated/α-hetero) is 1. The number of thiazole rings is 1. The summed E-state index contributed by atoms with van der Waals surface area (Å²) < 4.78 is 22.4. The zero-order valence-corrected chi connectivity index (χ0v) is 13.6. The van der Waals surface area contributed by atoms with E-state index in [9.17, 15) is 18.0 Å².